The number of hydrogen-bond acceptors (Lipinski definition) is 7. The van der Waals surface area contributed by atoms with Crippen molar-refractivity contribution in [3.8, 4) is 0 Å². The molecule has 2 amide bonds. The topological polar surface area (TPSA) is 103 Å². The van der Waals surface area contributed by atoms with Gasteiger partial charge in [0.2, 0.25) is 5.79 Å². The molecule has 0 radical (unpaired) electrons. The van der Waals surface area contributed by atoms with Gasteiger partial charge in [-0.15, -0.1) is 0 Å². The van der Waals surface area contributed by atoms with Gasteiger partial charge in [-0.3, -0.25) is 4.79 Å². The van der Waals surface area contributed by atoms with Crippen molar-refractivity contribution >= 4 is 29.1 Å². The van der Waals surface area contributed by atoms with Gasteiger partial charge in [0, 0.05) is 24.8 Å². The first kappa shape index (κ1) is 29.0. The summed E-state index contributed by atoms with van der Waals surface area (Å²) in [7, 11) is 0. The van der Waals surface area contributed by atoms with Crippen LogP contribution in [-0.2, 0) is 25.5 Å². The summed E-state index contributed by atoms with van der Waals surface area (Å²) in [6.45, 7) is 4.35. The van der Waals surface area contributed by atoms with Gasteiger partial charge in [-0.2, -0.15) is 0 Å². The van der Waals surface area contributed by atoms with E-state index in [-0.39, 0.29) is 24.3 Å². The number of esters is 1. The van der Waals surface area contributed by atoms with Crippen LogP contribution in [0.1, 0.15) is 57.9 Å². The van der Waals surface area contributed by atoms with Gasteiger partial charge < -0.3 is 24.8 Å². The first-order chi connectivity index (χ1) is 18.8. The SMILES string of the molecule is C/C1=C/C(=O)O[C@@H]2C[C@@H](CC[C@H](C)C=CC=CCC1)O[C@@](OC(=O)NCc1ccccc1)([C@@H]1CSC(=O)N1)C2. The van der Waals surface area contributed by atoms with Crippen LogP contribution in [0.2, 0.25) is 0 Å². The fourth-order valence-electron chi connectivity index (χ4n) is 5.04. The molecule has 0 saturated carbocycles. The molecule has 4 rings (SSSR count). The number of hydrogen-bond donors (Lipinski definition) is 2. The van der Waals surface area contributed by atoms with E-state index in [1.165, 1.54) is 6.08 Å². The third-order valence-corrected chi connectivity index (χ3v) is 8.02. The highest BCUT2D eigenvalue weighted by Gasteiger charge is 2.54. The summed E-state index contributed by atoms with van der Waals surface area (Å²) >= 11 is 1.12. The van der Waals surface area contributed by atoms with Crippen molar-refractivity contribution in [1.82, 2.24) is 10.6 Å². The first-order valence-corrected chi connectivity index (χ1v) is 14.6. The van der Waals surface area contributed by atoms with Crippen molar-refractivity contribution in [1.29, 1.82) is 0 Å². The lowest BCUT2D eigenvalue weighted by atomic mass is 9.90. The van der Waals surface area contributed by atoms with E-state index in [4.69, 9.17) is 14.2 Å². The van der Waals surface area contributed by atoms with Crippen LogP contribution in [0.4, 0.5) is 9.59 Å². The number of benzene rings is 1. The van der Waals surface area contributed by atoms with E-state index >= 15 is 0 Å². The van der Waals surface area contributed by atoms with Crippen molar-refractivity contribution in [3.63, 3.8) is 0 Å². The van der Waals surface area contributed by atoms with Gasteiger partial charge in [0.1, 0.15) is 12.1 Å². The molecule has 5 atom stereocenters. The quantitative estimate of drug-likeness (QED) is 0.454. The van der Waals surface area contributed by atoms with Gasteiger partial charge in [0.15, 0.2) is 0 Å². The molecule has 3 heterocycles. The highest BCUT2D eigenvalue weighted by molar-refractivity contribution is 8.14. The number of fused-ring (bicyclic) bond motifs is 2. The molecule has 39 heavy (non-hydrogen) atoms. The average molecular weight is 555 g/mol. The Morgan fingerprint density at radius 2 is 2.00 bits per heavy atom. The summed E-state index contributed by atoms with van der Waals surface area (Å²) in [4.78, 5) is 38.1. The molecule has 0 unspecified atom stereocenters. The van der Waals surface area contributed by atoms with E-state index < -0.39 is 30.0 Å². The van der Waals surface area contributed by atoms with E-state index in [9.17, 15) is 14.4 Å². The number of alkyl carbamates (subject to hydrolysis) is 1. The molecular weight excluding hydrogens is 516 g/mol. The van der Waals surface area contributed by atoms with E-state index in [1.807, 2.05) is 43.3 Å². The standard InChI is InChI=1S/C30H38N2O6S/c1-21-10-6-3-4-7-11-22(2)16-27(33)36-25-17-24(15-14-21)37-30(18-25,26-20-39-29(35)32-26)38-28(34)31-19-23-12-8-5-9-13-23/h3-6,8-10,12-13,16,21,24-26H,7,11,14-15,17-20H2,1-2H3,(H,31,34)(H,32,35)/b4-3?,10-6?,22-16-/t21-,24-,25-,26+,30+/m1/s1. The molecule has 3 aliphatic heterocycles. The van der Waals surface area contributed by atoms with E-state index in [0.717, 1.165) is 42.2 Å². The smallest absolute Gasteiger partial charge is 0.410 e. The zero-order chi connectivity index (χ0) is 27.7. The second kappa shape index (κ2) is 13.8. The van der Waals surface area contributed by atoms with Gasteiger partial charge in [0.25, 0.3) is 5.24 Å². The Labute approximate surface area is 234 Å². The van der Waals surface area contributed by atoms with Crippen molar-refractivity contribution in [2.45, 2.75) is 83.0 Å². The number of carbonyl (C=O) groups is 3. The fourth-order valence-corrected chi connectivity index (χ4v) is 5.92. The molecule has 0 spiro atoms. The highest BCUT2D eigenvalue weighted by atomic mass is 32.2. The van der Waals surface area contributed by atoms with Crippen molar-refractivity contribution in [2.75, 3.05) is 5.75 Å². The molecule has 0 aliphatic carbocycles. The summed E-state index contributed by atoms with van der Waals surface area (Å²) in [5.74, 6) is -1.21. The Morgan fingerprint density at radius 1 is 1.18 bits per heavy atom. The minimum Gasteiger partial charge on any atom is -0.459 e. The third kappa shape index (κ3) is 8.73. The molecule has 210 valence electrons. The second-order valence-corrected chi connectivity index (χ2v) is 11.5. The Hall–Kier alpha value is -3.04. The van der Waals surface area contributed by atoms with Crippen molar-refractivity contribution < 1.29 is 28.6 Å². The first-order valence-electron chi connectivity index (χ1n) is 13.6. The number of carbonyl (C=O) groups excluding carboxylic acids is 3. The second-order valence-electron chi connectivity index (χ2n) is 10.5. The lowest BCUT2D eigenvalue weighted by molar-refractivity contribution is -0.281. The lowest BCUT2D eigenvalue weighted by Crippen LogP contribution is -2.61. The number of allylic oxidation sites excluding steroid dienone is 5. The molecule has 8 nitrogen and oxygen atoms in total. The monoisotopic (exact) mass is 554 g/mol. The largest absolute Gasteiger partial charge is 0.459 e. The summed E-state index contributed by atoms with van der Waals surface area (Å²) in [6.07, 6.45) is 12.1. The Balaban J connectivity index is 1.57. The number of amides is 2. The zero-order valence-corrected chi connectivity index (χ0v) is 23.4. The minimum absolute atomic E-state index is 0.130. The number of rotatable bonds is 4. The molecular formula is C30H38N2O6S. The van der Waals surface area contributed by atoms with Crippen LogP contribution >= 0.6 is 11.8 Å². The van der Waals surface area contributed by atoms with Crippen LogP contribution < -0.4 is 10.6 Å². The fraction of sp³-hybridized carbons (Fsp3) is 0.500. The number of thioether (sulfide) groups is 1. The summed E-state index contributed by atoms with van der Waals surface area (Å²) in [5, 5.41) is 5.50. The Morgan fingerprint density at radius 3 is 2.77 bits per heavy atom. The Kier molecular flexibility index (Phi) is 10.3. The number of nitrogens with one attached hydrogen (secondary N) is 2. The van der Waals surface area contributed by atoms with E-state index in [0.29, 0.717) is 24.5 Å². The van der Waals surface area contributed by atoms with Crippen molar-refractivity contribution in [2.24, 2.45) is 5.92 Å². The predicted molar refractivity (Wildman–Crippen MR) is 151 cm³/mol. The van der Waals surface area contributed by atoms with E-state index in [2.05, 4.69) is 35.8 Å². The van der Waals surface area contributed by atoms with Gasteiger partial charge in [-0.1, -0.05) is 78.9 Å². The van der Waals surface area contributed by atoms with Crippen LogP contribution in [0.15, 0.2) is 66.3 Å². The van der Waals surface area contributed by atoms with Crippen LogP contribution in [0.25, 0.3) is 0 Å². The summed E-state index contributed by atoms with van der Waals surface area (Å²) in [5.41, 5.74) is 1.86. The molecule has 2 fully saturated rings. The average Bonchev–Trinajstić information content (AvgIpc) is 3.35. The molecule has 0 aromatic heterocycles. The minimum atomic E-state index is -1.47. The summed E-state index contributed by atoms with van der Waals surface area (Å²) < 4.78 is 18.5. The van der Waals surface area contributed by atoms with Gasteiger partial charge in [-0.05, 0) is 44.1 Å². The maximum absolute atomic E-state index is 13.1. The molecule has 2 N–H and O–H groups in total. The summed E-state index contributed by atoms with van der Waals surface area (Å²) in [6, 6.07) is 8.94. The molecule has 2 bridgehead atoms. The third-order valence-electron chi connectivity index (χ3n) is 7.14. The maximum Gasteiger partial charge on any atom is 0.410 e. The normalized spacial score (nSPS) is 31.5. The molecule has 1 aromatic carbocycles. The molecule has 9 heteroatoms. The lowest BCUT2D eigenvalue weighted by Gasteiger charge is -2.46. The van der Waals surface area contributed by atoms with Crippen LogP contribution in [0.3, 0.4) is 0 Å². The van der Waals surface area contributed by atoms with Gasteiger partial charge in [0.05, 0.1) is 12.5 Å². The molecule has 2 saturated heterocycles. The van der Waals surface area contributed by atoms with E-state index in [1.54, 1.807) is 0 Å². The predicted octanol–water partition coefficient (Wildman–Crippen LogP) is 5.79. The molecule has 3 aliphatic rings. The Bertz CT molecular complexity index is 1100. The van der Waals surface area contributed by atoms with Crippen LogP contribution in [0, 0.1) is 5.92 Å². The van der Waals surface area contributed by atoms with Crippen molar-refractivity contribution in [3.05, 3.63) is 71.8 Å². The highest BCUT2D eigenvalue weighted by Crippen LogP contribution is 2.39. The van der Waals surface area contributed by atoms with Crippen LogP contribution in [-0.4, -0.2) is 47.1 Å². The number of ether oxygens (including phenoxy) is 3. The maximum atomic E-state index is 13.1. The molecule has 1 aromatic rings. The van der Waals surface area contributed by atoms with Crippen LogP contribution in [0.5, 0.6) is 0 Å². The zero-order valence-electron chi connectivity index (χ0n) is 22.6. The van der Waals surface area contributed by atoms with Gasteiger partial charge in [-0.25, -0.2) is 9.59 Å². The van der Waals surface area contributed by atoms with Gasteiger partial charge >= 0.3 is 12.1 Å².